The number of hydrogen-bond acceptors (Lipinski definition) is 2. The minimum Gasteiger partial charge on any atom is -0.381 e. The summed E-state index contributed by atoms with van der Waals surface area (Å²) in [7, 11) is 0. The highest BCUT2D eigenvalue weighted by molar-refractivity contribution is 5.83. The van der Waals surface area contributed by atoms with Gasteiger partial charge in [0.2, 0.25) is 0 Å². The second-order valence-electron chi connectivity index (χ2n) is 5.83. The van der Waals surface area contributed by atoms with Crippen molar-refractivity contribution in [1.82, 2.24) is 15.6 Å². The molecule has 0 aliphatic carbocycles. The third-order valence-corrected chi connectivity index (χ3v) is 4.16. The Morgan fingerprint density at radius 2 is 2.23 bits per heavy atom. The van der Waals surface area contributed by atoms with E-state index in [4.69, 9.17) is 4.74 Å². The van der Waals surface area contributed by atoms with E-state index in [1.807, 2.05) is 6.07 Å². The number of carbonyl (C=O) groups excluding carboxylic acids is 1. The summed E-state index contributed by atoms with van der Waals surface area (Å²) in [6, 6.07) is 8.22. The maximum absolute atomic E-state index is 11.7. The van der Waals surface area contributed by atoms with E-state index in [1.165, 1.54) is 16.5 Å². The van der Waals surface area contributed by atoms with Crippen LogP contribution in [-0.2, 0) is 11.2 Å². The average Bonchev–Trinajstić information content (AvgIpc) is 3.19. The predicted molar refractivity (Wildman–Crippen MR) is 86.9 cm³/mol. The Balaban J connectivity index is 1.35. The molecule has 22 heavy (non-hydrogen) atoms. The summed E-state index contributed by atoms with van der Waals surface area (Å²) in [5.41, 5.74) is 2.47. The van der Waals surface area contributed by atoms with Crippen molar-refractivity contribution < 1.29 is 9.53 Å². The Hall–Kier alpha value is -2.01. The summed E-state index contributed by atoms with van der Waals surface area (Å²) < 4.78 is 5.29. The van der Waals surface area contributed by atoms with Gasteiger partial charge < -0.3 is 20.4 Å². The van der Waals surface area contributed by atoms with E-state index < -0.39 is 0 Å². The Morgan fingerprint density at radius 3 is 3.09 bits per heavy atom. The van der Waals surface area contributed by atoms with Crippen LogP contribution in [0.1, 0.15) is 18.4 Å². The number of urea groups is 1. The Bertz CT molecular complexity index is 617. The number of fused-ring (bicyclic) bond motifs is 1. The number of para-hydroxylation sites is 1. The molecule has 0 spiro atoms. The van der Waals surface area contributed by atoms with Crippen LogP contribution in [0.2, 0.25) is 0 Å². The number of aryl methyl sites for hydroxylation is 1. The molecule has 2 heterocycles. The van der Waals surface area contributed by atoms with Crippen molar-refractivity contribution in [2.45, 2.75) is 19.3 Å². The van der Waals surface area contributed by atoms with Crippen LogP contribution < -0.4 is 10.6 Å². The summed E-state index contributed by atoms with van der Waals surface area (Å²) in [4.78, 5) is 15.0. The van der Waals surface area contributed by atoms with Gasteiger partial charge in [-0.2, -0.15) is 0 Å². The number of aromatic amines is 1. The lowest BCUT2D eigenvalue weighted by Gasteiger charge is -2.10. The Morgan fingerprint density at radius 1 is 1.32 bits per heavy atom. The predicted octanol–water partition coefficient (Wildman–Crippen LogP) is 2.44. The van der Waals surface area contributed by atoms with Gasteiger partial charge in [0.1, 0.15) is 0 Å². The highest BCUT2D eigenvalue weighted by Crippen LogP contribution is 2.18. The lowest BCUT2D eigenvalue weighted by atomic mass is 10.1. The fourth-order valence-corrected chi connectivity index (χ4v) is 2.86. The molecule has 1 aliphatic heterocycles. The second-order valence-corrected chi connectivity index (χ2v) is 5.83. The van der Waals surface area contributed by atoms with Crippen LogP contribution >= 0.6 is 0 Å². The summed E-state index contributed by atoms with van der Waals surface area (Å²) in [6.45, 7) is 2.97. The third kappa shape index (κ3) is 3.80. The SMILES string of the molecule is O=C(NCCCc1c[nH]c2ccccc12)NC[C@H]1CCOC1. The van der Waals surface area contributed by atoms with E-state index in [0.717, 1.165) is 32.5 Å². The molecule has 1 fully saturated rings. The number of aromatic nitrogens is 1. The summed E-state index contributed by atoms with van der Waals surface area (Å²) in [5, 5.41) is 7.10. The first-order valence-electron chi connectivity index (χ1n) is 7.97. The molecule has 2 aromatic rings. The molecule has 3 rings (SSSR count). The Kier molecular flexibility index (Phi) is 4.96. The quantitative estimate of drug-likeness (QED) is 0.717. The molecule has 3 N–H and O–H groups in total. The maximum atomic E-state index is 11.7. The highest BCUT2D eigenvalue weighted by Gasteiger charge is 2.15. The van der Waals surface area contributed by atoms with E-state index in [0.29, 0.717) is 19.0 Å². The van der Waals surface area contributed by atoms with Gasteiger partial charge in [0.05, 0.1) is 6.61 Å². The van der Waals surface area contributed by atoms with Gasteiger partial charge in [0.15, 0.2) is 0 Å². The highest BCUT2D eigenvalue weighted by atomic mass is 16.5. The van der Waals surface area contributed by atoms with Crippen LogP contribution in [0, 0.1) is 5.92 Å². The van der Waals surface area contributed by atoms with Crippen LogP contribution in [0.5, 0.6) is 0 Å². The summed E-state index contributed by atoms with van der Waals surface area (Å²) in [6.07, 6.45) is 4.99. The van der Waals surface area contributed by atoms with Crippen molar-refractivity contribution >= 4 is 16.9 Å². The smallest absolute Gasteiger partial charge is 0.314 e. The number of amides is 2. The molecular weight excluding hydrogens is 278 g/mol. The molecule has 0 unspecified atom stereocenters. The fraction of sp³-hybridized carbons (Fsp3) is 0.471. The molecule has 2 amide bonds. The van der Waals surface area contributed by atoms with Gasteiger partial charge in [-0.1, -0.05) is 18.2 Å². The topological polar surface area (TPSA) is 66.2 Å². The summed E-state index contributed by atoms with van der Waals surface area (Å²) in [5.74, 6) is 0.469. The number of hydrogen-bond donors (Lipinski definition) is 3. The Labute approximate surface area is 130 Å². The molecule has 0 radical (unpaired) electrons. The number of benzene rings is 1. The van der Waals surface area contributed by atoms with E-state index in [9.17, 15) is 4.79 Å². The fourth-order valence-electron chi connectivity index (χ4n) is 2.86. The molecule has 1 atom stereocenters. The third-order valence-electron chi connectivity index (χ3n) is 4.16. The van der Waals surface area contributed by atoms with Crippen LogP contribution in [0.4, 0.5) is 4.79 Å². The number of ether oxygens (including phenoxy) is 1. The molecule has 1 aromatic carbocycles. The first-order valence-corrected chi connectivity index (χ1v) is 7.97. The molecule has 1 aromatic heterocycles. The zero-order chi connectivity index (χ0) is 15.2. The van der Waals surface area contributed by atoms with Crippen LogP contribution in [-0.4, -0.2) is 37.3 Å². The van der Waals surface area contributed by atoms with Gasteiger partial charge >= 0.3 is 6.03 Å². The minimum absolute atomic E-state index is 0.0779. The monoisotopic (exact) mass is 301 g/mol. The number of carbonyl (C=O) groups is 1. The molecule has 118 valence electrons. The lowest BCUT2D eigenvalue weighted by molar-refractivity contribution is 0.185. The first kappa shape index (κ1) is 14.9. The number of H-pyrrole nitrogens is 1. The van der Waals surface area contributed by atoms with E-state index >= 15 is 0 Å². The molecule has 0 saturated carbocycles. The van der Waals surface area contributed by atoms with Crippen LogP contribution in [0.3, 0.4) is 0 Å². The minimum atomic E-state index is -0.0779. The van der Waals surface area contributed by atoms with Gasteiger partial charge in [0.25, 0.3) is 0 Å². The van der Waals surface area contributed by atoms with Gasteiger partial charge in [-0.25, -0.2) is 4.79 Å². The number of rotatable bonds is 6. The van der Waals surface area contributed by atoms with Crippen molar-refractivity contribution in [2.24, 2.45) is 5.92 Å². The van der Waals surface area contributed by atoms with Gasteiger partial charge in [-0.05, 0) is 30.9 Å². The standard InChI is InChI=1S/C17H23N3O2/c21-17(20-10-13-7-9-22-12-13)18-8-3-4-14-11-19-16-6-2-1-5-15(14)16/h1-2,5-6,11,13,19H,3-4,7-10,12H2,(H2,18,20,21)/t13-/m1/s1. The molecule has 5 heteroatoms. The zero-order valence-electron chi connectivity index (χ0n) is 12.7. The second kappa shape index (κ2) is 7.31. The van der Waals surface area contributed by atoms with Crippen LogP contribution in [0.15, 0.2) is 30.5 Å². The van der Waals surface area contributed by atoms with Gasteiger partial charge in [-0.3, -0.25) is 0 Å². The van der Waals surface area contributed by atoms with Crippen molar-refractivity contribution in [3.05, 3.63) is 36.0 Å². The maximum Gasteiger partial charge on any atom is 0.314 e. The van der Waals surface area contributed by atoms with Crippen LogP contribution in [0.25, 0.3) is 10.9 Å². The molecule has 1 saturated heterocycles. The largest absolute Gasteiger partial charge is 0.381 e. The number of nitrogens with one attached hydrogen (secondary N) is 3. The normalized spacial score (nSPS) is 17.7. The van der Waals surface area contributed by atoms with E-state index in [1.54, 1.807) is 0 Å². The average molecular weight is 301 g/mol. The zero-order valence-corrected chi connectivity index (χ0v) is 12.7. The van der Waals surface area contributed by atoms with Crippen molar-refractivity contribution in [1.29, 1.82) is 0 Å². The van der Waals surface area contributed by atoms with Gasteiger partial charge in [0, 0.05) is 42.7 Å². The van der Waals surface area contributed by atoms with Crippen molar-refractivity contribution in [3.63, 3.8) is 0 Å². The van der Waals surface area contributed by atoms with E-state index in [2.05, 4.69) is 40.0 Å². The van der Waals surface area contributed by atoms with E-state index in [-0.39, 0.29) is 6.03 Å². The molecule has 0 bridgehead atoms. The first-order chi connectivity index (χ1) is 10.8. The van der Waals surface area contributed by atoms with Gasteiger partial charge in [-0.15, -0.1) is 0 Å². The summed E-state index contributed by atoms with van der Waals surface area (Å²) >= 11 is 0. The van der Waals surface area contributed by atoms with Crippen molar-refractivity contribution in [3.8, 4) is 0 Å². The molecule has 1 aliphatic rings. The molecular formula is C17H23N3O2. The lowest BCUT2D eigenvalue weighted by Crippen LogP contribution is -2.38. The molecule has 5 nitrogen and oxygen atoms in total. The van der Waals surface area contributed by atoms with Crippen molar-refractivity contribution in [2.75, 3.05) is 26.3 Å².